The lowest BCUT2D eigenvalue weighted by molar-refractivity contribution is -0.757. The van der Waals surface area contributed by atoms with Gasteiger partial charge < -0.3 is 15.3 Å². The fraction of sp³-hybridized carbons (Fsp3) is 0.565. The zero-order valence-corrected chi connectivity index (χ0v) is 21.5. The third kappa shape index (κ3) is 6.02. The molecule has 1 fully saturated rings. The molecule has 0 unspecified atom stereocenters. The fourth-order valence-electron chi connectivity index (χ4n) is 4.28. The van der Waals surface area contributed by atoms with Crippen LogP contribution < -0.4 is 11.3 Å². The highest BCUT2D eigenvalue weighted by Gasteiger charge is 2.33. The number of aryl methyl sites for hydroxylation is 1. The van der Waals surface area contributed by atoms with Crippen LogP contribution in [0.4, 0.5) is 0 Å². The largest absolute Gasteiger partial charge is 0.443 e. The zero-order valence-electron chi connectivity index (χ0n) is 20.6. The van der Waals surface area contributed by atoms with Crippen LogP contribution >= 0.6 is 0 Å². The number of hydrogen-bond donors (Lipinski definition) is 1. The van der Waals surface area contributed by atoms with E-state index in [0.717, 1.165) is 0 Å². The summed E-state index contributed by atoms with van der Waals surface area (Å²) in [6.45, 7) is 5.25. The van der Waals surface area contributed by atoms with E-state index >= 15 is 0 Å². The quantitative estimate of drug-likeness (QED) is 0.200. The molecule has 0 radical (unpaired) electrons. The van der Waals surface area contributed by atoms with E-state index in [9.17, 15) is 28.1 Å². The van der Waals surface area contributed by atoms with Gasteiger partial charge >= 0.3 is 5.97 Å². The molecule has 0 aliphatic carbocycles. The van der Waals surface area contributed by atoms with Gasteiger partial charge in [0.05, 0.1) is 16.9 Å². The third-order valence-corrected chi connectivity index (χ3v) is 8.25. The van der Waals surface area contributed by atoms with Crippen molar-refractivity contribution < 1.29 is 27.9 Å². The summed E-state index contributed by atoms with van der Waals surface area (Å²) in [7, 11) is -3.84. The molecule has 0 amide bonds. The van der Waals surface area contributed by atoms with Crippen LogP contribution in [0.1, 0.15) is 45.1 Å². The van der Waals surface area contributed by atoms with Gasteiger partial charge in [-0.3, -0.25) is 14.2 Å². The molecule has 36 heavy (non-hydrogen) atoms. The Hall–Kier alpha value is -3.03. The first-order valence-electron chi connectivity index (χ1n) is 11.7. The van der Waals surface area contributed by atoms with Crippen molar-refractivity contribution in [2.75, 3.05) is 19.7 Å². The van der Waals surface area contributed by atoms with Crippen molar-refractivity contribution in [1.82, 2.24) is 8.87 Å². The Bertz CT molecular complexity index is 1310. The Morgan fingerprint density at radius 1 is 1.31 bits per heavy atom. The molecule has 2 N–H and O–H groups in total. The number of esters is 1. The summed E-state index contributed by atoms with van der Waals surface area (Å²) in [6, 6.07) is 4.33. The molecule has 1 aliphatic rings. The average molecular weight is 525 g/mol. The number of carbonyl (C=O) groups is 1. The van der Waals surface area contributed by atoms with E-state index in [1.165, 1.54) is 27.2 Å². The van der Waals surface area contributed by atoms with Crippen LogP contribution in [0.25, 0.3) is 10.8 Å². The van der Waals surface area contributed by atoms with Gasteiger partial charge in [-0.15, -0.1) is 10.1 Å². The summed E-state index contributed by atoms with van der Waals surface area (Å²) < 4.78 is 34.5. The van der Waals surface area contributed by atoms with Crippen molar-refractivity contribution in [1.29, 1.82) is 0 Å². The lowest BCUT2D eigenvalue weighted by Gasteiger charge is -2.23. The second kappa shape index (κ2) is 10.9. The molecular weight excluding hydrogens is 492 g/mol. The number of nitrogens with zero attached hydrogens (tertiary/aromatic N) is 3. The van der Waals surface area contributed by atoms with E-state index < -0.39 is 32.1 Å². The minimum Gasteiger partial charge on any atom is -0.443 e. The predicted molar refractivity (Wildman–Crippen MR) is 131 cm³/mol. The number of benzene rings is 1. The molecule has 198 valence electrons. The highest BCUT2D eigenvalue weighted by Crippen LogP contribution is 2.29. The zero-order chi connectivity index (χ0) is 26.7. The molecule has 1 aliphatic heterocycles. The second-order valence-electron chi connectivity index (χ2n) is 9.64. The number of carbonyl (C=O) groups excluding carboxylic acids is 1. The Balaban J connectivity index is 1.77. The van der Waals surface area contributed by atoms with Crippen LogP contribution in [0.3, 0.4) is 0 Å². The van der Waals surface area contributed by atoms with Crippen LogP contribution in [0.5, 0.6) is 0 Å². The summed E-state index contributed by atoms with van der Waals surface area (Å²) in [6.07, 6.45) is 3.40. The van der Waals surface area contributed by atoms with Gasteiger partial charge in [0.1, 0.15) is 0 Å². The van der Waals surface area contributed by atoms with E-state index in [2.05, 4.69) is 4.84 Å². The first-order chi connectivity index (χ1) is 16.8. The predicted octanol–water partition coefficient (Wildman–Crippen LogP) is 1.94. The van der Waals surface area contributed by atoms with Crippen LogP contribution in [-0.2, 0) is 31.1 Å². The van der Waals surface area contributed by atoms with Crippen LogP contribution in [0.15, 0.2) is 34.1 Å². The van der Waals surface area contributed by atoms with Crippen molar-refractivity contribution >= 4 is 26.8 Å². The topological polar surface area (TPSA) is 164 Å². The minimum atomic E-state index is -3.84. The molecule has 2 aromatic rings. The maximum absolute atomic E-state index is 13.3. The molecular formula is C23H32N4O8S. The van der Waals surface area contributed by atoms with Crippen molar-refractivity contribution in [3.05, 3.63) is 50.4 Å². The number of ether oxygens (including phenoxy) is 1. The monoisotopic (exact) mass is 524 g/mol. The Morgan fingerprint density at radius 3 is 2.67 bits per heavy atom. The van der Waals surface area contributed by atoms with Gasteiger partial charge in [0, 0.05) is 36.1 Å². The number of hydrogen-bond acceptors (Lipinski definition) is 9. The van der Waals surface area contributed by atoms with Gasteiger partial charge in [-0.2, -0.15) is 4.31 Å². The number of unbranched alkanes of at least 4 members (excludes halogenated alkanes) is 1. The van der Waals surface area contributed by atoms with Crippen LogP contribution in [-0.4, -0.2) is 54.1 Å². The molecule has 1 aromatic carbocycles. The number of nitrogens with two attached hydrogens (primary N) is 1. The van der Waals surface area contributed by atoms with Crippen molar-refractivity contribution in [3.8, 4) is 0 Å². The third-order valence-electron chi connectivity index (χ3n) is 6.35. The number of pyridine rings is 1. The number of aromatic nitrogens is 1. The fourth-order valence-corrected chi connectivity index (χ4v) is 6.07. The first kappa shape index (κ1) is 27.6. The molecule has 1 aromatic heterocycles. The van der Waals surface area contributed by atoms with Crippen molar-refractivity contribution in [3.63, 3.8) is 0 Å². The summed E-state index contributed by atoms with van der Waals surface area (Å²) >= 11 is 0. The molecule has 12 nitrogen and oxygen atoms in total. The number of rotatable bonds is 11. The van der Waals surface area contributed by atoms with E-state index in [0.29, 0.717) is 43.2 Å². The van der Waals surface area contributed by atoms with E-state index in [1.54, 1.807) is 26.8 Å². The number of fused-ring (bicyclic) bond motifs is 1. The SMILES string of the molecule is Cc1cn(COC(=O)C(C)(C)CCCCO[N+](=O)[O-])c(=O)c2cccc(S(=O)(=O)N3CC[C@H](N)C3)c12. The van der Waals surface area contributed by atoms with Gasteiger partial charge in [-0.05, 0) is 57.7 Å². The van der Waals surface area contributed by atoms with E-state index in [4.69, 9.17) is 10.5 Å². The van der Waals surface area contributed by atoms with Crippen LogP contribution in [0.2, 0.25) is 0 Å². The lowest BCUT2D eigenvalue weighted by Crippen LogP contribution is -2.32. The normalized spacial score (nSPS) is 16.8. The van der Waals surface area contributed by atoms with Gasteiger partial charge in [-0.1, -0.05) is 12.5 Å². The molecule has 1 atom stereocenters. The first-order valence-corrected chi connectivity index (χ1v) is 13.1. The standard InChI is InChI=1S/C23H32N4O8S/c1-16-13-25(15-34-22(29)23(2,3)10-4-5-12-35-27(30)31)21(28)18-7-6-8-19(20(16)18)36(32,33)26-11-9-17(24)14-26/h6-8,13,17H,4-5,9-12,14-15,24H2,1-3H3/t17-/m0/s1. The highest BCUT2D eigenvalue weighted by atomic mass is 32.2. The molecule has 13 heteroatoms. The maximum Gasteiger partial charge on any atom is 0.313 e. The summed E-state index contributed by atoms with van der Waals surface area (Å²) in [5, 5.41) is 9.89. The van der Waals surface area contributed by atoms with Crippen molar-refractivity contribution in [2.24, 2.45) is 11.1 Å². The molecule has 0 bridgehead atoms. The van der Waals surface area contributed by atoms with Gasteiger partial charge in [0.2, 0.25) is 10.0 Å². The van der Waals surface area contributed by atoms with Gasteiger partial charge in [0.25, 0.3) is 10.6 Å². The Labute approximate surface area is 209 Å². The summed E-state index contributed by atoms with van der Waals surface area (Å²) in [5.41, 5.74) is 5.09. The lowest BCUT2D eigenvalue weighted by atomic mass is 9.87. The van der Waals surface area contributed by atoms with E-state index in [-0.39, 0.29) is 36.2 Å². The Kier molecular flexibility index (Phi) is 8.37. The smallest absolute Gasteiger partial charge is 0.313 e. The minimum absolute atomic E-state index is 0.0494. The van der Waals surface area contributed by atoms with Gasteiger partial charge in [-0.25, -0.2) is 8.42 Å². The number of sulfonamides is 1. The molecule has 0 saturated carbocycles. The van der Waals surface area contributed by atoms with Crippen molar-refractivity contribution in [2.45, 2.75) is 64.1 Å². The second-order valence-corrected chi connectivity index (χ2v) is 11.5. The summed E-state index contributed by atoms with van der Waals surface area (Å²) in [4.78, 5) is 40.3. The average Bonchev–Trinajstić information content (AvgIpc) is 3.26. The molecule has 1 saturated heterocycles. The summed E-state index contributed by atoms with van der Waals surface area (Å²) in [5.74, 6) is -0.524. The Morgan fingerprint density at radius 2 is 2.03 bits per heavy atom. The molecule has 2 heterocycles. The maximum atomic E-state index is 13.3. The molecule has 0 spiro atoms. The van der Waals surface area contributed by atoms with Gasteiger partial charge in [0.15, 0.2) is 6.73 Å². The molecule has 3 rings (SSSR count). The van der Waals surface area contributed by atoms with Crippen LogP contribution in [0, 0.1) is 22.5 Å². The highest BCUT2D eigenvalue weighted by molar-refractivity contribution is 7.89. The van der Waals surface area contributed by atoms with E-state index in [1.807, 2.05) is 0 Å².